The first kappa shape index (κ1) is 14.0. The number of benzene rings is 1. The number of quaternary nitrogens is 2. The van der Waals surface area contributed by atoms with Gasteiger partial charge in [-0.2, -0.15) is 10.5 Å². The van der Waals surface area contributed by atoms with Gasteiger partial charge in [0.1, 0.15) is 0 Å². The second kappa shape index (κ2) is 6.02. The van der Waals surface area contributed by atoms with E-state index in [9.17, 15) is 10.4 Å². The van der Waals surface area contributed by atoms with Crippen LogP contribution in [0.5, 0.6) is 0 Å². The summed E-state index contributed by atoms with van der Waals surface area (Å²) in [7, 11) is 0. The Morgan fingerprint density at radius 3 is 1.56 bits per heavy atom. The molecule has 0 spiro atoms. The zero-order valence-corrected chi connectivity index (χ0v) is 8.81. The SMILES string of the molecule is [O-][NH+](O)c1cc([NH+]([O-])O)c(C=NO)cc1C=NO. The second-order valence-corrected chi connectivity index (χ2v) is 3.13. The lowest BCUT2D eigenvalue weighted by molar-refractivity contribution is -0.996. The molecular formula is C8H10N4O6. The molecule has 10 heteroatoms. The van der Waals surface area contributed by atoms with Crippen LogP contribution >= 0.6 is 0 Å². The maximum atomic E-state index is 10.9. The monoisotopic (exact) mass is 258 g/mol. The molecule has 2 unspecified atom stereocenters. The third kappa shape index (κ3) is 2.98. The van der Waals surface area contributed by atoms with Gasteiger partial charge in [-0.25, -0.2) is 10.4 Å². The van der Waals surface area contributed by atoms with Crippen LogP contribution in [0.1, 0.15) is 11.1 Å². The molecule has 0 aliphatic rings. The molecule has 1 aromatic rings. The molecule has 0 amide bonds. The van der Waals surface area contributed by atoms with E-state index in [1.54, 1.807) is 0 Å². The number of hydrogen-bond donors (Lipinski definition) is 6. The summed E-state index contributed by atoms with van der Waals surface area (Å²) in [5.41, 5.74) is -0.740. The molecule has 0 aliphatic heterocycles. The predicted octanol–water partition coefficient (Wildman–Crippen LogP) is -1.89. The van der Waals surface area contributed by atoms with E-state index in [-0.39, 0.29) is 22.5 Å². The van der Waals surface area contributed by atoms with Gasteiger partial charge in [-0.3, -0.25) is 0 Å². The number of nitrogens with one attached hydrogen (secondary N) is 2. The van der Waals surface area contributed by atoms with Crippen LogP contribution in [0.2, 0.25) is 0 Å². The molecule has 6 N–H and O–H groups in total. The van der Waals surface area contributed by atoms with Gasteiger partial charge < -0.3 is 20.8 Å². The lowest BCUT2D eigenvalue weighted by Crippen LogP contribution is -3.01. The highest BCUT2D eigenvalue weighted by Crippen LogP contribution is 2.18. The number of nitrogens with zero attached hydrogens (tertiary/aromatic N) is 2. The highest BCUT2D eigenvalue weighted by molar-refractivity contribution is 5.93. The van der Waals surface area contributed by atoms with Gasteiger partial charge in [0.2, 0.25) is 0 Å². The molecule has 2 atom stereocenters. The van der Waals surface area contributed by atoms with Gasteiger partial charge in [0.25, 0.3) is 0 Å². The first-order chi connectivity index (χ1) is 8.51. The van der Waals surface area contributed by atoms with Crippen LogP contribution < -0.4 is 10.5 Å². The third-order valence-electron chi connectivity index (χ3n) is 2.08. The molecule has 0 saturated heterocycles. The maximum absolute atomic E-state index is 10.9. The standard InChI is InChI=1S/C8H10N4O6/c13-9-3-5-1-6(4-10-14)8(12(17)18)2-7(5)11(15)16/h1-4,11-15,17H. The van der Waals surface area contributed by atoms with Crippen molar-refractivity contribution in [1.29, 1.82) is 0 Å². The lowest BCUT2D eigenvalue weighted by Gasteiger charge is -2.18. The summed E-state index contributed by atoms with van der Waals surface area (Å²) in [5.74, 6) is 0. The highest BCUT2D eigenvalue weighted by Gasteiger charge is 2.17. The number of hydrogen-bond acceptors (Lipinski definition) is 8. The zero-order chi connectivity index (χ0) is 13.7. The summed E-state index contributed by atoms with van der Waals surface area (Å²) in [5, 5.41) is 59.1. The number of rotatable bonds is 4. The first-order valence-corrected chi connectivity index (χ1v) is 4.50. The van der Waals surface area contributed by atoms with Crippen molar-refractivity contribution in [3.8, 4) is 0 Å². The molecule has 0 radical (unpaired) electrons. The Bertz CT molecular complexity index is 434. The van der Waals surface area contributed by atoms with Crippen molar-refractivity contribution in [2.24, 2.45) is 10.3 Å². The van der Waals surface area contributed by atoms with Crippen molar-refractivity contribution in [3.05, 3.63) is 33.7 Å². The van der Waals surface area contributed by atoms with Crippen molar-refractivity contribution >= 4 is 23.8 Å². The van der Waals surface area contributed by atoms with Crippen LogP contribution in [0.3, 0.4) is 0 Å². The van der Waals surface area contributed by atoms with E-state index in [0.29, 0.717) is 0 Å². The Labute approximate surface area is 100.0 Å². The molecular weight excluding hydrogens is 248 g/mol. The minimum Gasteiger partial charge on any atom is -0.595 e. The molecule has 1 rings (SSSR count). The maximum Gasteiger partial charge on any atom is 0.178 e. The van der Waals surface area contributed by atoms with E-state index in [1.807, 2.05) is 0 Å². The quantitative estimate of drug-likeness (QED) is 0.210. The average molecular weight is 258 g/mol. The first-order valence-electron chi connectivity index (χ1n) is 4.50. The second-order valence-electron chi connectivity index (χ2n) is 3.13. The Hall–Kier alpha value is -2.08. The Balaban J connectivity index is 3.49. The lowest BCUT2D eigenvalue weighted by atomic mass is 10.1. The Morgan fingerprint density at radius 2 is 1.28 bits per heavy atom. The average Bonchev–Trinajstić information content (AvgIpc) is 2.29. The summed E-state index contributed by atoms with van der Waals surface area (Å²) in [6.45, 7) is 0. The summed E-state index contributed by atoms with van der Waals surface area (Å²) in [4.78, 5) is 0. The highest BCUT2D eigenvalue weighted by atomic mass is 16.8. The van der Waals surface area contributed by atoms with Crippen molar-refractivity contribution in [2.45, 2.75) is 0 Å². The molecule has 1 aromatic carbocycles. The van der Waals surface area contributed by atoms with Gasteiger partial charge in [-0.1, -0.05) is 10.3 Å². The van der Waals surface area contributed by atoms with E-state index >= 15 is 0 Å². The zero-order valence-electron chi connectivity index (χ0n) is 8.81. The van der Waals surface area contributed by atoms with Crippen LogP contribution in [0.25, 0.3) is 0 Å². The summed E-state index contributed by atoms with van der Waals surface area (Å²) in [6.07, 6.45) is 1.67. The summed E-state index contributed by atoms with van der Waals surface area (Å²) in [6, 6.07) is 2.00. The van der Waals surface area contributed by atoms with Crippen LogP contribution in [-0.4, -0.2) is 33.3 Å². The van der Waals surface area contributed by atoms with E-state index in [2.05, 4.69) is 10.3 Å². The summed E-state index contributed by atoms with van der Waals surface area (Å²) < 4.78 is 0. The van der Waals surface area contributed by atoms with Gasteiger partial charge >= 0.3 is 0 Å². The minimum atomic E-state index is -1.38. The smallest absolute Gasteiger partial charge is 0.178 e. The van der Waals surface area contributed by atoms with E-state index in [4.69, 9.17) is 20.8 Å². The molecule has 0 heterocycles. The molecule has 0 aliphatic carbocycles. The number of oxime groups is 2. The van der Waals surface area contributed by atoms with E-state index in [1.165, 1.54) is 0 Å². The van der Waals surface area contributed by atoms with Crippen LogP contribution in [0.15, 0.2) is 22.4 Å². The van der Waals surface area contributed by atoms with Gasteiger partial charge in [0.15, 0.2) is 11.4 Å². The van der Waals surface area contributed by atoms with Gasteiger partial charge in [0, 0.05) is 0 Å². The molecule has 0 bridgehead atoms. The van der Waals surface area contributed by atoms with Crippen molar-refractivity contribution in [1.82, 2.24) is 0 Å². The Kier molecular flexibility index (Phi) is 4.67. The molecule has 0 fully saturated rings. The molecule has 0 aromatic heterocycles. The molecule has 98 valence electrons. The van der Waals surface area contributed by atoms with Crippen LogP contribution in [0.4, 0.5) is 11.4 Å². The fraction of sp³-hybridized carbons (Fsp3) is 0. The fourth-order valence-electron chi connectivity index (χ4n) is 1.34. The van der Waals surface area contributed by atoms with Crippen LogP contribution in [0, 0.1) is 10.4 Å². The van der Waals surface area contributed by atoms with Crippen molar-refractivity contribution in [2.75, 3.05) is 0 Å². The normalized spacial score (nSPS) is 15.3. The van der Waals surface area contributed by atoms with E-state index < -0.39 is 10.5 Å². The van der Waals surface area contributed by atoms with Gasteiger partial charge in [-0.15, -0.1) is 0 Å². The largest absolute Gasteiger partial charge is 0.595 e. The molecule has 10 nitrogen and oxygen atoms in total. The topological polar surface area (TPSA) is 161 Å². The van der Waals surface area contributed by atoms with E-state index in [0.717, 1.165) is 24.6 Å². The predicted molar refractivity (Wildman–Crippen MR) is 56.8 cm³/mol. The fourth-order valence-corrected chi connectivity index (χ4v) is 1.34. The molecule has 0 saturated carbocycles. The summed E-state index contributed by atoms with van der Waals surface area (Å²) >= 11 is 0. The van der Waals surface area contributed by atoms with Crippen molar-refractivity contribution in [3.63, 3.8) is 0 Å². The minimum absolute atomic E-state index is 0.0232. The van der Waals surface area contributed by atoms with Gasteiger partial charge in [-0.05, 0) is 6.07 Å². The van der Waals surface area contributed by atoms with Crippen LogP contribution in [-0.2, 0) is 0 Å². The Morgan fingerprint density at radius 1 is 0.889 bits per heavy atom. The molecule has 18 heavy (non-hydrogen) atoms. The third-order valence-corrected chi connectivity index (χ3v) is 2.08. The van der Waals surface area contributed by atoms with Gasteiger partial charge in [0.05, 0.1) is 29.6 Å². The van der Waals surface area contributed by atoms with Crippen molar-refractivity contribution < 1.29 is 31.3 Å².